The number of nitrogens with zero attached hydrogens (tertiary/aromatic N) is 6. The second-order valence-corrected chi connectivity index (χ2v) is 8.38. The van der Waals surface area contributed by atoms with E-state index in [4.69, 9.17) is 10.3 Å². The summed E-state index contributed by atoms with van der Waals surface area (Å²) in [4.78, 5) is 32.7. The van der Waals surface area contributed by atoms with Gasteiger partial charge in [-0.05, 0) is 30.2 Å². The molecule has 0 saturated heterocycles. The number of aryl methyl sites for hydroxylation is 1. The van der Waals surface area contributed by atoms with Crippen LogP contribution in [0.3, 0.4) is 0 Å². The Morgan fingerprint density at radius 2 is 2.03 bits per heavy atom. The molecule has 0 spiro atoms. The number of amides is 1. The lowest BCUT2D eigenvalue weighted by atomic mass is 9.97. The van der Waals surface area contributed by atoms with E-state index in [0.29, 0.717) is 17.2 Å². The molecule has 2 heterocycles. The molecule has 4 N–H and O–H groups in total. The summed E-state index contributed by atoms with van der Waals surface area (Å²) in [5.74, 6) is -0.470. The van der Waals surface area contributed by atoms with Gasteiger partial charge in [-0.2, -0.15) is 9.97 Å². The molecule has 0 aliphatic carbocycles. The number of anilines is 1. The summed E-state index contributed by atoms with van der Waals surface area (Å²) < 4.78 is 20.1. The molecule has 0 aliphatic rings. The van der Waals surface area contributed by atoms with Gasteiger partial charge in [-0.25, -0.2) is 14.4 Å². The van der Waals surface area contributed by atoms with Crippen molar-refractivity contribution in [2.45, 2.75) is 39.7 Å². The standard InChI is InChI=1S/C22H26FN9O2/c1-12-6-15(17-27-11-28-21(31-17)29-14(8-24)10-25-5)16(23)7-13(12)9-26-19(33)18-30-20(34-32-18)22(2,3)4/h6-8,10-11H,9,24H2,1-5H3,(H,26,33)(H,27,28,29,31). The lowest BCUT2D eigenvalue weighted by Gasteiger charge is -2.11. The van der Waals surface area contributed by atoms with Gasteiger partial charge in [0, 0.05) is 31.4 Å². The molecule has 0 unspecified atom stereocenters. The summed E-state index contributed by atoms with van der Waals surface area (Å²) in [6, 6.07) is 2.93. The highest BCUT2D eigenvalue weighted by atomic mass is 19.1. The van der Waals surface area contributed by atoms with Gasteiger partial charge in [0.2, 0.25) is 11.8 Å². The van der Waals surface area contributed by atoms with Gasteiger partial charge in [0.15, 0.2) is 5.82 Å². The number of hydrogen-bond acceptors (Lipinski definition) is 10. The van der Waals surface area contributed by atoms with Gasteiger partial charge < -0.3 is 20.9 Å². The first-order valence-electron chi connectivity index (χ1n) is 10.3. The number of aliphatic imine (C=N–C) groups is 1. The summed E-state index contributed by atoms with van der Waals surface area (Å²) in [5.41, 5.74) is 7.13. The minimum atomic E-state index is -0.550. The third-order valence-corrected chi connectivity index (χ3v) is 4.65. The summed E-state index contributed by atoms with van der Waals surface area (Å²) in [6.45, 7) is 7.56. The Bertz CT molecular complexity index is 1250. The summed E-state index contributed by atoms with van der Waals surface area (Å²) in [7, 11) is 1.59. The van der Waals surface area contributed by atoms with Crippen LogP contribution in [0.1, 0.15) is 48.4 Å². The predicted molar refractivity (Wildman–Crippen MR) is 124 cm³/mol. The summed E-state index contributed by atoms with van der Waals surface area (Å²) in [6.07, 6.45) is 4.07. The van der Waals surface area contributed by atoms with Crippen molar-refractivity contribution in [1.29, 1.82) is 0 Å². The van der Waals surface area contributed by atoms with E-state index in [1.165, 1.54) is 24.8 Å². The molecule has 0 atom stereocenters. The van der Waals surface area contributed by atoms with Crippen molar-refractivity contribution in [1.82, 2.24) is 30.4 Å². The highest BCUT2D eigenvalue weighted by Crippen LogP contribution is 2.24. The van der Waals surface area contributed by atoms with Crippen LogP contribution in [0.5, 0.6) is 0 Å². The van der Waals surface area contributed by atoms with Gasteiger partial charge >= 0.3 is 0 Å². The first-order valence-corrected chi connectivity index (χ1v) is 10.3. The van der Waals surface area contributed by atoms with E-state index in [1.807, 2.05) is 20.8 Å². The van der Waals surface area contributed by atoms with Crippen LogP contribution >= 0.6 is 0 Å². The Labute approximate surface area is 195 Å². The highest BCUT2D eigenvalue weighted by molar-refractivity contribution is 5.90. The molecular weight excluding hydrogens is 441 g/mol. The normalized spacial score (nSPS) is 12.2. The fourth-order valence-corrected chi connectivity index (χ4v) is 2.83. The van der Waals surface area contributed by atoms with E-state index in [0.717, 1.165) is 5.56 Å². The molecule has 11 nitrogen and oxygen atoms in total. The lowest BCUT2D eigenvalue weighted by Crippen LogP contribution is -2.25. The Morgan fingerprint density at radius 1 is 1.26 bits per heavy atom. The molecule has 12 heteroatoms. The number of carbonyl (C=O) groups excluding carboxylic acids is 1. The maximum atomic E-state index is 15.0. The molecule has 178 valence electrons. The molecule has 34 heavy (non-hydrogen) atoms. The number of halogens is 1. The van der Waals surface area contributed by atoms with E-state index in [1.54, 1.807) is 20.0 Å². The zero-order valence-corrected chi connectivity index (χ0v) is 19.5. The van der Waals surface area contributed by atoms with Crippen LogP contribution in [-0.2, 0) is 12.0 Å². The molecule has 0 bridgehead atoms. The zero-order valence-electron chi connectivity index (χ0n) is 19.5. The van der Waals surface area contributed by atoms with E-state index < -0.39 is 11.7 Å². The zero-order chi connectivity index (χ0) is 24.9. The Hall–Kier alpha value is -4.22. The Morgan fingerprint density at radius 3 is 2.68 bits per heavy atom. The highest BCUT2D eigenvalue weighted by Gasteiger charge is 2.24. The van der Waals surface area contributed by atoms with Crippen molar-refractivity contribution >= 4 is 18.1 Å². The molecule has 0 fully saturated rings. The second-order valence-electron chi connectivity index (χ2n) is 8.38. The Kier molecular flexibility index (Phi) is 7.29. The fourth-order valence-electron chi connectivity index (χ4n) is 2.83. The Balaban J connectivity index is 1.76. The molecule has 3 aromatic rings. The van der Waals surface area contributed by atoms with Gasteiger partial charge in [-0.3, -0.25) is 9.79 Å². The molecule has 3 rings (SSSR count). The van der Waals surface area contributed by atoms with Crippen molar-refractivity contribution in [3.8, 4) is 11.4 Å². The van der Waals surface area contributed by atoms with Gasteiger partial charge in [0.25, 0.3) is 11.7 Å². The molecule has 1 aromatic carbocycles. The maximum absolute atomic E-state index is 15.0. The number of allylic oxidation sites excluding steroid dienone is 1. The van der Waals surface area contributed by atoms with Crippen LogP contribution in [0, 0.1) is 12.7 Å². The average molecular weight is 468 g/mol. The van der Waals surface area contributed by atoms with E-state index in [2.05, 4.69) is 40.7 Å². The van der Waals surface area contributed by atoms with E-state index >= 15 is 0 Å². The minimum absolute atomic E-state index is 0.0757. The number of nitrogens with one attached hydrogen (secondary N) is 2. The van der Waals surface area contributed by atoms with E-state index in [9.17, 15) is 9.18 Å². The molecule has 0 aliphatic heterocycles. The average Bonchev–Trinajstić information content (AvgIpc) is 3.30. The minimum Gasteiger partial charge on any atom is -0.403 e. The van der Waals surface area contributed by atoms with Crippen LogP contribution in [0.15, 0.2) is 39.9 Å². The summed E-state index contributed by atoms with van der Waals surface area (Å²) in [5, 5.41) is 9.28. The van der Waals surface area contributed by atoms with Crippen LogP contribution in [-0.4, -0.2) is 44.3 Å². The molecule has 2 aromatic heterocycles. The quantitative estimate of drug-likeness (QED) is 0.444. The molecule has 0 radical (unpaired) electrons. The van der Waals surface area contributed by atoms with Crippen molar-refractivity contribution in [3.05, 3.63) is 59.0 Å². The number of carbonyl (C=O) groups is 1. The van der Waals surface area contributed by atoms with Crippen molar-refractivity contribution in [2.75, 3.05) is 12.4 Å². The van der Waals surface area contributed by atoms with Crippen LogP contribution in [0.2, 0.25) is 0 Å². The number of nitrogens with two attached hydrogens (primary N) is 1. The second kappa shape index (κ2) is 10.1. The van der Waals surface area contributed by atoms with Crippen molar-refractivity contribution < 1.29 is 13.7 Å². The van der Waals surface area contributed by atoms with Crippen molar-refractivity contribution in [3.63, 3.8) is 0 Å². The summed E-state index contributed by atoms with van der Waals surface area (Å²) >= 11 is 0. The van der Waals surface area contributed by atoms with Gasteiger partial charge in [-0.15, -0.1) is 0 Å². The topological polar surface area (TPSA) is 157 Å². The molecule has 0 saturated carbocycles. The van der Waals surface area contributed by atoms with Crippen LogP contribution in [0.25, 0.3) is 11.4 Å². The van der Waals surface area contributed by atoms with Gasteiger partial charge in [0.1, 0.15) is 12.1 Å². The van der Waals surface area contributed by atoms with E-state index in [-0.39, 0.29) is 35.1 Å². The number of rotatable bonds is 7. The third-order valence-electron chi connectivity index (χ3n) is 4.65. The first kappa shape index (κ1) is 24.4. The van der Waals surface area contributed by atoms with Crippen LogP contribution < -0.4 is 16.4 Å². The van der Waals surface area contributed by atoms with Crippen molar-refractivity contribution in [2.24, 2.45) is 10.7 Å². The monoisotopic (exact) mass is 467 g/mol. The first-order chi connectivity index (χ1) is 16.1. The smallest absolute Gasteiger partial charge is 0.292 e. The predicted octanol–water partition coefficient (Wildman–Crippen LogP) is 2.51. The number of aromatic nitrogens is 5. The number of benzene rings is 1. The third kappa shape index (κ3) is 5.77. The van der Waals surface area contributed by atoms with Gasteiger partial charge in [-0.1, -0.05) is 25.9 Å². The lowest BCUT2D eigenvalue weighted by molar-refractivity contribution is 0.0937. The van der Waals surface area contributed by atoms with Gasteiger partial charge in [0.05, 0.1) is 11.3 Å². The van der Waals surface area contributed by atoms with Crippen LogP contribution in [0.4, 0.5) is 10.3 Å². The maximum Gasteiger partial charge on any atom is 0.292 e. The number of hydrogen-bond donors (Lipinski definition) is 3. The molecular formula is C22H26FN9O2. The molecule has 1 amide bonds. The fraction of sp³-hybridized carbons (Fsp3) is 0.318. The SMILES string of the molecule is CN=CC(=CN)Nc1ncnc(-c2cc(C)c(CNC(=O)c3noc(C(C)(C)C)n3)cc2F)n1. The largest absolute Gasteiger partial charge is 0.403 e.